The van der Waals surface area contributed by atoms with Crippen LogP contribution in [0.1, 0.15) is 33.6 Å². The molecule has 27 heavy (non-hydrogen) atoms. The first kappa shape index (κ1) is 20.4. The molecule has 0 N–H and O–H groups in total. The molecule has 1 amide bonds. The van der Waals surface area contributed by atoms with Crippen LogP contribution >= 0.6 is 15.9 Å². The number of halogens is 1. The Kier molecular flexibility index (Phi) is 6.63. The Morgan fingerprint density at radius 2 is 1.81 bits per heavy atom. The zero-order valence-electron chi connectivity index (χ0n) is 16.7. The molecule has 0 atom stereocenters. The molecule has 3 heterocycles. The molecule has 2 aliphatic rings. The number of anilines is 1. The molecule has 6 nitrogen and oxygen atoms in total. The molecule has 0 radical (unpaired) electrons. The van der Waals surface area contributed by atoms with Gasteiger partial charge in [-0.25, -0.2) is 4.79 Å². The lowest BCUT2D eigenvalue weighted by Crippen LogP contribution is -2.49. The van der Waals surface area contributed by atoms with Crippen molar-refractivity contribution in [3.05, 3.63) is 22.9 Å². The molecular formula is C20H31BrN4O2. The first-order chi connectivity index (χ1) is 12.8. The van der Waals surface area contributed by atoms with Gasteiger partial charge in [-0.3, -0.25) is 9.88 Å². The number of nitrogens with zero attached hydrogens (tertiary/aromatic N) is 4. The third-order valence-corrected chi connectivity index (χ3v) is 5.64. The molecule has 3 rings (SSSR count). The minimum Gasteiger partial charge on any atom is -0.444 e. The lowest BCUT2D eigenvalue weighted by Gasteiger charge is -2.39. The van der Waals surface area contributed by atoms with Crippen molar-refractivity contribution in [2.45, 2.75) is 39.2 Å². The van der Waals surface area contributed by atoms with Crippen molar-refractivity contribution < 1.29 is 9.53 Å². The standard InChI is InChI=1S/C20H31BrN4O2/c1-20(2,3)27-19(26)25-6-4-16(5-7-25)15-23-8-10-24(11-9-23)18-12-17(21)13-22-14-18/h12-14,16H,4-11,15H2,1-3H3. The first-order valence-corrected chi connectivity index (χ1v) is 10.7. The van der Waals surface area contributed by atoms with Crippen molar-refractivity contribution in [1.29, 1.82) is 0 Å². The van der Waals surface area contributed by atoms with Crippen molar-refractivity contribution >= 4 is 27.7 Å². The predicted octanol–water partition coefficient (Wildman–Crippen LogP) is 3.61. The quantitative estimate of drug-likeness (QED) is 0.720. The number of aromatic nitrogens is 1. The number of amides is 1. The molecule has 2 aliphatic heterocycles. The van der Waals surface area contributed by atoms with Crippen LogP contribution in [0.4, 0.5) is 10.5 Å². The first-order valence-electron chi connectivity index (χ1n) is 9.86. The van der Waals surface area contributed by atoms with E-state index >= 15 is 0 Å². The van der Waals surface area contributed by atoms with Crippen molar-refractivity contribution in [2.24, 2.45) is 5.92 Å². The number of pyridine rings is 1. The molecule has 1 aromatic heterocycles. The molecule has 0 saturated carbocycles. The second kappa shape index (κ2) is 8.78. The van der Waals surface area contributed by atoms with Crippen LogP contribution in [0.3, 0.4) is 0 Å². The van der Waals surface area contributed by atoms with Gasteiger partial charge in [-0.05, 0) is 61.5 Å². The average Bonchev–Trinajstić information content (AvgIpc) is 2.61. The number of hydrogen-bond donors (Lipinski definition) is 0. The van der Waals surface area contributed by atoms with Gasteiger partial charge in [0.2, 0.25) is 0 Å². The summed E-state index contributed by atoms with van der Waals surface area (Å²) in [5.74, 6) is 0.669. The number of carbonyl (C=O) groups excluding carboxylic acids is 1. The minimum absolute atomic E-state index is 0.169. The van der Waals surface area contributed by atoms with Gasteiger partial charge in [0.1, 0.15) is 5.60 Å². The molecule has 150 valence electrons. The van der Waals surface area contributed by atoms with Gasteiger partial charge in [-0.2, -0.15) is 0 Å². The maximum absolute atomic E-state index is 12.2. The maximum Gasteiger partial charge on any atom is 0.410 e. The van der Waals surface area contributed by atoms with E-state index in [1.165, 1.54) is 5.69 Å². The summed E-state index contributed by atoms with van der Waals surface area (Å²) in [6.45, 7) is 12.7. The van der Waals surface area contributed by atoms with Crippen molar-refractivity contribution in [3.8, 4) is 0 Å². The number of likely N-dealkylation sites (tertiary alicyclic amines) is 1. The van der Waals surface area contributed by atoms with Crippen LogP contribution in [0.25, 0.3) is 0 Å². The van der Waals surface area contributed by atoms with E-state index in [0.717, 1.165) is 63.1 Å². The van der Waals surface area contributed by atoms with Crippen molar-refractivity contribution in [2.75, 3.05) is 50.7 Å². The number of rotatable bonds is 3. The Labute approximate surface area is 171 Å². The maximum atomic E-state index is 12.2. The van der Waals surface area contributed by atoms with E-state index < -0.39 is 5.60 Å². The van der Waals surface area contributed by atoms with Crippen LogP contribution in [-0.4, -0.2) is 72.3 Å². The fourth-order valence-electron chi connectivity index (χ4n) is 3.75. The van der Waals surface area contributed by atoms with E-state index in [2.05, 4.69) is 36.8 Å². The van der Waals surface area contributed by atoms with Crippen molar-refractivity contribution in [3.63, 3.8) is 0 Å². The van der Waals surface area contributed by atoms with Gasteiger partial charge in [0.05, 0.1) is 11.9 Å². The highest BCUT2D eigenvalue weighted by molar-refractivity contribution is 9.10. The molecule has 1 aromatic rings. The Morgan fingerprint density at radius 1 is 1.15 bits per heavy atom. The Morgan fingerprint density at radius 3 is 2.41 bits per heavy atom. The van der Waals surface area contributed by atoms with E-state index in [4.69, 9.17) is 4.74 Å². The molecule has 7 heteroatoms. The van der Waals surface area contributed by atoms with Gasteiger partial charge < -0.3 is 14.5 Å². The average molecular weight is 439 g/mol. The second-order valence-corrected chi connectivity index (χ2v) is 9.48. The molecule has 0 bridgehead atoms. The Balaban J connectivity index is 1.40. The van der Waals surface area contributed by atoms with Crippen molar-refractivity contribution in [1.82, 2.24) is 14.8 Å². The highest BCUT2D eigenvalue weighted by atomic mass is 79.9. The topological polar surface area (TPSA) is 48.9 Å². The summed E-state index contributed by atoms with van der Waals surface area (Å²) in [5.41, 5.74) is 0.770. The van der Waals surface area contributed by atoms with Crippen LogP contribution in [0, 0.1) is 5.92 Å². The third kappa shape index (κ3) is 6.07. The van der Waals surface area contributed by atoms with Gasteiger partial charge in [-0.15, -0.1) is 0 Å². The SMILES string of the molecule is CC(C)(C)OC(=O)N1CCC(CN2CCN(c3cncc(Br)c3)CC2)CC1. The van der Waals surface area contributed by atoms with E-state index in [-0.39, 0.29) is 6.09 Å². The summed E-state index contributed by atoms with van der Waals surface area (Å²) in [6, 6.07) is 2.13. The van der Waals surface area contributed by atoms with E-state index in [1.807, 2.05) is 38.1 Å². The fraction of sp³-hybridized carbons (Fsp3) is 0.700. The second-order valence-electron chi connectivity index (χ2n) is 8.56. The van der Waals surface area contributed by atoms with Gasteiger partial charge in [0, 0.05) is 56.5 Å². The summed E-state index contributed by atoms with van der Waals surface area (Å²) >= 11 is 3.50. The Bertz CT molecular complexity index is 633. The number of piperazine rings is 1. The van der Waals surface area contributed by atoms with Crippen LogP contribution in [0.5, 0.6) is 0 Å². The summed E-state index contributed by atoms with van der Waals surface area (Å²) in [4.78, 5) is 23.3. The number of carbonyl (C=O) groups is 1. The molecule has 0 spiro atoms. The third-order valence-electron chi connectivity index (χ3n) is 5.21. The van der Waals surface area contributed by atoms with Crippen LogP contribution in [0.2, 0.25) is 0 Å². The van der Waals surface area contributed by atoms with E-state index in [0.29, 0.717) is 5.92 Å². The molecule has 0 aliphatic carbocycles. The molecular weight excluding hydrogens is 408 g/mol. The van der Waals surface area contributed by atoms with Crippen LogP contribution in [0.15, 0.2) is 22.9 Å². The lowest BCUT2D eigenvalue weighted by molar-refractivity contribution is 0.0169. The van der Waals surface area contributed by atoms with E-state index in [9.17, 15) is 4.79 Å². The highest BCUT2D eigenvalue weighted by Gasteiger charge is 2.28. The Hall–Kier alpha value is -1.34. The monoisotopic (exact) mass is 438 g/mol. The van der Waals surface area contributed by atoms with Gasteiger partial charge in [-0.1, -0.05) is 0 Å². The van der Waals surface area contributed by atoms with E-state index in [1.54, 1.807) is 0 Å². The predicted molar refractivity (Wildman–Crippen MR) is 111 cm³/mol. The zero-order valence-corrected chi connectivity index (χ0v) is 18.2. The smallest absolute Gasteiger partial charge is 0.410 e. The summed E-state index contributed by atoms with van der Waals surface area (Å²) in [7, 11) is 0. The number of hydrogen-bond acceptors (Lipinski definition) is 5. The normalized spacial score (nSPS) is 20.0. The summed E-state index contributed by atoms with van der Waals surface area (Å²) < 4.78 is 6.51. The molecule has 2 fully saturated rings. The minimum atomic E-state index is -0.419. The largest absolute Gasteiger partial charge is 0.444 e. The molecule has 0 aromatic carbocycles. The molecule has 2 saturated heterocycles. The fourth-order valence-corrected chi connectivity index (χ4v) is 4.10. The zero-order chi connectivity index (χ0) is 19.4. The highest BCUT2D eigenvalue weighted by Crippen LogP contribution is 2.23. The van der Waals surface area contributed by atoms with Gasteiger partial charge in [0.25, 0.3) is 0 Å². The lowest BCUT2D eigenvalue weighted by atomic mass is 9.96. The summed E-state index contributed by atoms with van der Waals surface area (Å²) in [5, 5.41) is 0. The number of piperidine rings is 1. The number of ether oxygens (including phenoxy) is 1. The van der Waals surface area contributed by atoms with Gasteiger partial charge >= 0.3 is 6.09 Å². The van der Waals surface area contributed by atoms with Gasteiger partial charge in [0.15, 0.2) is 0 Å². The van der Waals surface area contributed by atoms with Crippen LogP contribution < -0.4 is 4.90 Å². The molecule has 0 unspecified atom stereocenters. The van der Waals surface area contributed by atoms with Crippen LogP contribution in [-0.2, 0) is 4.74 Å². The summed E-state index contributed by atoms with van der Waals surface area (Å²) in [6.07, 6.45) is 5.72.